The lowest BCUT2D eigenvalue weighted by molar-refractivity contribution is -0.122. The maximum absolute atomic E-state index is 12.9. The lowest BCUT2D eigenvalue weighted by atomic mass is 10.1. The van der Waals surface area contributed by atoms with Gasteiger partial charge in [-0.05, 0) is 66.4 Å². The molecular formula is C26H23ClN2O4S. The molecule has 4 aromatic carbocycles. The number of sulfonamides is 1. The molecule has 6 nitrogen and oxygen atoms in total. The average molecular weight is 495 g/mol. The summed E-state index contributed by atoms with van der Waals surface area (Å²) in [5.74, 6) is 0.320. The Morgan fingerprint density at radius 2 is 1.53 bits per heavy atom. The van der Waals surface area contributed by atoms with Crippen molar-refractivity contribution in [1.82, 2.24) is 0 Å². The van der Waals surface area contributed by atoms with Gasteiger partial charge in [-0.15, -0.1) is 0 Å². The quantitative estimate of drug-likeness (QED) is 0.310. The first-order chi connectivity index (χ1) is 16.4. The molecule has 174 valence electrons. The first-order valence-corrected chi connectivity index (χ1v) is 12.6. The monoisotopic (exact) mass is 494 g/mol. The van der Waals surface area contributed by atoms with Crippen molar-refractivity contribution in [3.63, 3.8) is 0 Å². The van der Waals surface area contributed by atoms with Crippen molar-refractivity contribution in [2.75, 3.05) is 10.0 Å². The predicted molar refractivity (Wildman–Crippen MR) is 136 cm³/mol. The highest BCUT2D eigenvalue weighted by atomic mass is 35.5. The van der Waals surface area contributed by atoms with E-state index in [0.29, 0.717) is 28.6 Å². The molecule has 0 aromatic heterocycles. The van der Waals surface area contributed by atoms with Gasteiger partial charge in [0.15, 0.2) is 6.10 Å². The highest BCUT2D eigenvalue weighted by molar-refractivity contribution is 7.92. The molecule has 4 rings (SSSR count). The van der Waals surface area contributed by atoms with E-state index in [1.807, 2.05) is 49.4 Å². The van der Waals surface area contributed by atoms with Crippen LogP contribution >= 0.6 is 11.6 Å². The fraction of sp³-hybridized carbons (Fsp3) is 0.115. The molecule has 0 radical (unpaired) electrons. The van der Waals surface area contributed by atoms with Crippen LogP contribution in [-0.2, 0) is 14.8 Å². The minimum Gasteiger partial charge on any atom is -0.480 e. The van der Waals surface area contributed by atoms with E-state index in [2.05, 4.69) is 10.0 Å². The second-order valence-corrected chi connectivity index (χ2v) is 9.74. The summed E-state index contributed by atoms with van der Waals surface area (Å²) in [5.41, 5.74) is 0.869. The molecule has 0 aliphatic heterocycles. The molecule has 1 atom stereocenters. The first kappa shape index (κ1) is 23.6. The van der Waals surface area contributed by atoms with Crippen molar-refractivity contribution in [3.8, 4) is 5.75 Å². The molecule has 0 spiro atoms. The summed E-state index contributed by atoms with van der Waals surface area (Å²) in [6.45, 7) is 1.87. The van der Waals surface area contributed by atoms with Crippen molar-refractivity contribution in [3.05, 3.63) is 96.0 Å². The zero-order valence-corrected chi connectivity index (χ0v) is 19.9. The van der Waals surface area contributed by atoms with Crippen LogP contribution in [0.25, 0.3) is 10.8 Å². The summed E-state index contributed by atoms with van der Waals surface area (Å²) in [7, 11) is -3.78. The van der Waals surface area contributed by atoms with Gasteiger partial charge in [-0.3, -0.25) is 9.52 Å². The molecule has 1 amide bonds. The minimum absolute atomic E-state index is 0.0690. The average Bonchev–Trinajstić information content (AvgIpc) is 2.84. The molecule has 0 heterocycles. The van der Waals surface area contributed by atoms with Crippen molar-refractivity contribution >= 4 is 49.7 Å². The fourth-order valence-electron chi connectivity index (χ4n) is 3.45. The molecule has 0 saturated heterocycles. The summed E-state index contributed by atoms with van der Waals surface area (Å²) in [6, 6.07) is 25.8. The highest BCUT2D eigenvalue weighted by Crippen LogP contribution is 2.27. The molecule has 0 aliphatic carbocycles. The number of carbonyl (C=O) groups is 1. The Bertz CT molecular complexity index is 1400. The Balaban J connectivity index is 1.44. The van der Waals surface area contributed by atoms with Crippen LogP contribution in [0.5, 0.6) is 5.75 Å². The molecule has 8 heteroatoms. The van der Waals surface area contributed by atoms with Crippen molar-refractivity contribution in [1.29, 1.82) is 0 Å². The number of benzene rings is 4. The Morgan fingerprint density at radius 1 is 0.882 bits per heavy atom. The Kier molecular flexibility index (Phi) is 7.05. The molecule has 0 fully saturated rings. The second-order valence-electron chi connectivity index (χ2n) is 7.62. The van der Waals surface area contributed by atoms with Crippen LogP contribution in [0.15, 0.2) is 95.9 Å². The third kappa shape index (κ3) is 5.50. The Morgan fingerprint density at radius 3 is 2.24 bits per heavy atom. The number of rotatable bonds is 8. The maximum atomic E-state index is 12.9. The largest absolute Gasteiger partial charge is 0.480 e. The lowest BCUT2D eigenvalue weighted by Crippen LogP contribution is -2.32. The summed E-state index contributed by atoms with van der Waals surface area (Å²) in [5, 5.41) is 5.27. The third-order valence-corrected chi connectivity index (χ3v) is 6.86. The molecule has 0 saturated carbocycles. The number of hydrogen-bond acceptors (Lipinski definition) is 4. The SMILES string of the molecule is CC[C@@H](Oc1cccc2ccccc12)C(=O)Nc1ccc(S(=O)(=O)Nc2ccc(Cl)cc2)cc1. The predicted octanol–water partition coefficient (Wildman–Crippen LogP) is 6.09. The van der Waals surface area contributed by atoms with Gasteiger partial charge in [0.2, 0.25) is 0 Å². The standard InChI is InChI=1S/C26H23ClN2O4S/c1-2-24(33-25-9-5-7-18-6-3-4-8-23(18)25)26(30)28-20-14-16-22(17-15-20)34(31,32)29-21-12-10-19(27)11-13-21/h3-17,24,29H,2H2,1H3,(H,28,30)/t24-/m1/s1. The van der Waals surface area contributed by atoms with Gasteiger partial charge in [0.05, 0.1) is 4.90 Å². The van der Waals surface area contributed by atoms with Crippen molar-refractivity contribution in [2.45, 2.75) is 24.3 Å². The van der Waals surface area contributed by atoms with E-state index in [9.17, 15) is 13.2 Å². The minimum atomic E-state index is -3.78. The van der Waals surface area contributed by atoms with Crippen LogP contribution in [0.1, 0.15) is 13.3 Å². The van der Waals surface area contributed by atoms with E-state index in [1.165, 1.54) is 12.1 Å². The number of nitrogens with one attached hydrogen (secondary N) is 2. The van der Waals surface area contributed by atoms with Crippen LogP contribution in [0.2, 0.25) is 5.02 Å². The van der Waals surface area contributed by atoms with Gasteiger partial charge in [-0.2, -0.15) is 0 Å². The zero-order chi connectivity index (χ0) is 24.1. The van der Waals surface area contributed by atoms with E-state index < -0.39 is 16.1 Å². The molecule has 34 heavy (non-hydrogen) atoms. The molecule has 4 aromatic rings. The van der Waals surface area contributed by atoms with Crippen molar-refractivity contribution in [2.24, 2.45) is 0 Å². The first-order valence-electron chi connectivity index (χ1n) is 10.7. The number of amides is 1. The number of anilines is 2. The van der Waals surface area contributed by atoms with Gasteiger partial charge in [0, 0.05) is 21.8 Å². The molecule has 0 bridgehead atoms. The van der Waals surface area contributed by atoms with Gasteiger partial charge >= 0.3 is 0 Å². The zero-order valence-electron chi connectivity index (χ0n) is 18.4. The van der Waals surface area contributed by atoms with Crippen LogP contribution in [-0.4, -0.2) is 20.4 Å². The van der Waals surface area contributed by atoms with E-state index in [1.54, 1.807) is 36.4 Å². The summed E-state index contributed by atoms with van der Waals surface area (Å²) in [4.78, 5) is 12.9. The second kappa shape index (κ2) is 10.2. The molecular weight excluding hydrogens is 472 g/mol. The highest BCUT2D eigenvalue weighted by Gasteiger charge is 2.20. The molecule has 2 N–H and O–H groups in total. The van der Waals surface area contributed by atoms with Crippen LogP contribution in [0, 0.1) is 0 Å². The number of halogens is 1. The van der Waals surface area contributed by atoms with Crippen LogP contribution < -0.4 is 14.8 Å². The maximum Gasteiger partial charge on any atom is 0.265 e. The van der Waals surface area contributed by atoms with Gasteiger partial charge in [-0.1, -0.05) is 54.9 Å². The van der Waals surface area contributed by atoms with E-state index in [4.69, 9.17) is 16.3 Å². The molecule has 0 aliphatic rings. The van der Waals surface area contributed by atoms with Gasteiger partial charge in [-0.25, -0.2) is 8.42 Å². The fourth-order valence-corrected chi connectivity index (χ4v) is 4.63. The lowest BCUT2D eigenvalue weighted by Gasteiger charge is -2.18. The van der Waals surface area contributed by atoms with E-state index in [-0.39, 0.29) is 10.8 Å². The van der Waals surface area contributed by atoms with Gasteiger partial charge in [0.1, 0.15) is 5.75 Å². The van der Waals surface area contributed by atoms with E-state index >= 15 is 0 Å². The topological polar surface area (TPSA) is 84.5 Å². The smallest absolute Gasteiger partial charge is 0.265 e. The number of fused-ring (bicyclic) bond motifs is 1. The van der Waals surface area contributed by atoms with Gasteiger partial charge < -0.3 is 10.1 Å². The van der Waals surface area contributed by atoms with Crippen molar-refractivity contribution < 1.29 is 17.9 Å². The van der Waals surface area contributed by atoms with Crippen LogP contribution in [0.4, 0.5) is 11.4 Å². The molecule has 0 unspecified atom stereocenters. The number of carbonyl (C=O) groups excluding carboxylic acids is 1. The van der Waals surface area contributed by atoms with Gasteiger partial charge in [0.25, 0.3) is 15.9 Å². The normalized spacial score (nSPS) is 12.2. The van der Waals surface area contributed by atoms with Crippen LogP contribution in [0.3, 0.4) is 0 Å². The number of ether oxygens (including phenoxy) is 1. The Hall–Kier alpha value is -3.55. The summed E-state index contributed by atoms with van der Waals surface area (Å²) >= 11 is 5.84. The Labute approximate surface area is 203 Å². The third-order valence-electron chi connectivity index (χ3n) is 5.21. The summed E-state index contributed by atoms with van der Waals surface area (Å²) < 4.78 is 33.8. The van der Waals surface area contributed by atoms with E-state index in [0.717, 1.165) is 10.8 Å². The summed E-state index contributed by atoms with van der Waals surface area (Å²) in [6.07, 6.45) is -0.243. The number of hydrogen-bond donors (Lipinski definition) is 2.